The Balaban J connectivity index is 2.15. The molecule has 0 radical (unpaired) electrons. The lowest BCUT2D eigenvalue weighted by atomic mass is 10.2. The van der Waals surface area contributed by atoms with E-state index in [1.807, 2.05) is 0 Å². The van der Waals surface area contributed by atoms with E-state index < -0.39 is 6.03 Å². The van der Waals surface area contributed by atoms with Gasteiger partial charge in [-0.25, -0.2) is 10.2 Å². The molecule has 0 saturated carbocycles. The molecule has 24 heavy (non-hydrogen) atoms. The topological polar surface area (TPSA) is 85.9 Å². The molecule has 8 heteroatoms. The second-order valence-electron chi connectivity index (χ2n) is 4.67. The summed E-state index contributed by atoms with van der Waals surface area (Å²) in [5.41, 5.74) is 8.54. The van der Waals surface area contributed by atoms with Crippen LogP contribution >= 0.6 is 23.2 Å². The minimum Gasteiger partial charge on any atom is -0.493 e. The minimum absolute atomic E-state index is 0.243. The van der Waals surface area contributed by atoms with Gasteiger partial charge in [0, 0.05) is 15.6 Å². The van der Waals surface area contributed by atoms with Crippen molar-refractivity contribution in [1.29, 1.82) is 0 Å². The Kier molecular flexibility index (Phi) is 6.28. The molecule has 0 aliphatic heterocycles. The maximum Gasteiger partial charge on any atom is 0.332 e. The number of urea groups is 1. The fraction of sp³-hybridized carbons (Fsp3) is 0.125. The number of nitrogens with one attached hydrogen (secondary N) is 1. The summed E-state index contributed by atoms with van der Waals surface area (Å²) in [5, 5.41) is 4.77. The van der Waals surface area contributed by atoms with E-state index in [9.17, 15) is 4.79 Å². The second kappa shape index (κ2) is 8.42. The van der Waals surface area contributed by atoms with Crippen LogP contribution in [0.3, 0.4) is 0 Å². The van der Waals surface area contributed by atoms with Crippen molar-refractivity contribution in [3.63, 3.8) is 0 Å². The predicted octanol–water partition coefficient (Wildman–Crippen LogP) is 3.58. The molecule has 2 rings (SSSR count). The molecule has 6 nitrogen and oxygen atoms in total. The predicted molar refractivity (Wildman–Crippen MR) is 94.1 cm³/mol. The van der Waals surface area contributed by atoms with E-state index in [4.69, 9.17) is 38.4 Å². The summed E-state index contributed by atoms with van der Waals surface area (Å²) in [7, 11) is 1.54. The molecule has 0 aromatic heterocycles. The molecule has 0 aliphatic rings. The van der Waals surface area contributed by atoms with Crippen LogP contribution in [0.1, 0.15) is 11.1 Å². The number of amides is 2. The molecule has 2 amide bonds. The molecule has 126 valence electrons. The van der Waals surface area contributed by atoms with Crippen LogP contribution in [-0.2, 0) is 6.61 Å². The molecule has 0 aliphatic carbocycles. The van der Waals surface area contributed by atoms with Crippen LogP contribution in [0.4, 0.5) is 4.79 Å². The summed E-state index contributed by atoms with van der Waals surface area (Å²) >= 11 is 12.0. The summed E-state index contributed by atoms with van der Waals surface area (Å²) in [6, 6.07) is 9.64. The molecule has 0 unspecified atom stereocenters. The van der Waals surface area contributed by atoms with Gasteiger partial charge in [-0.2, -0.15) is 5.10 Å². The monoisotopic (exact) mass is 367 g/mol. The fourth-order valence-corrected chi connectivity index (χ4v) is 2.31. The summed E-state index contributed by atoms with van der Waals surface area (Å²) in [5.74, 6) is 1.06. The van der Waals surface area contributed by atoms with E-state index in [0.29, 0.717) is 27.1 Å². The number of hydrogen-bond acceptors (Lipinski definition) is 4. The zero-order valence-corrected chi connectivity index (χ0v) is 14.3. The van der Waals surface area contributed by atoms with E-state index >= 15 is 0 Å². The number of benzene rings is 2. The molecule has 0 heterocycles. The highest BCUT2D eigenvalue weighted by Gasteiger charge is 2.08. The Morgan fingerprint density at radius 2 is 2.04 bits per heavy atom. The van der Waals surface area contributed by atoms with E-state index in [1.54, 1.807) is 43.5 Å². The number of nitrogens with two attached hydrogens (primary N) is 1. The van der Waals surface area contributed by atoms with Crippen molar-refractivity contribution >= 4 is 35.4 Å². The third kappa shape index (κ3) is 5.04. The zero-order chi connectivity index (χ0) is 17.5. The Bertz CT molecular complexity index is 766. The molecule has 2 aromatic carbocycles. The molecular formula is C16H15Cl2N3O3. The third-order valence-electron chi connectivity index (χ3n) is 2.97. The van der Waals surface area contributed by atoms with Crippen LogP contribution in [0.5, 0.6) is 11.5 Å². The van der Waals surface area contributed by atoms with Gasteiger partial charge in [-0.3, -0.25) is 0 Å². The smallest absolute Gasteiger partial charge is 0.332 e. The normalized spacial score (nSPS) is 10.6. The molecule has 0 spiro atoms. The summed E-state index contributed by atoms with van der Waals surface area (Å²) in [6.45, 7) is 0.243. The van der Waals surface area contributed by atoms with Gasteiger partial charge < -0.3 is 15.2 Å². The van der Waals surface area contributed by atoms with Gasteiger partial charge in [-0.15, -0.1) is 0 Å². The first kappa shape index (κ1) is 17.9. The first-order valence-electron chi connectivity index (χ1n) is 6.83. The molecule has 2 aromatic rings. The first-order chi connectivity index (χ1) is 11.5. The van der Waals surface area contributed by atoms with Gasteiger partial charge in [0.1, 0.15) is 6.61 Å². The quantitative estimate of drug-likeness (QED) is 0.604. The Morgan fingerprint density at radius 3 is 2.71 bits per heavy atom. The summed E-state index contributed by atoms with van der Waals surface area (Å²) in [6.07, 6.45) is 1.44. The Hall–Kier alpha value is -2.44. The van der Waals surface area contributed by atoms with Gasteiger partial charge in [0.2, 0.25) is 0 Å². The lowest BCUT2D eigenvalue weighted by Gasteiger charge is -2.12. The zero-order valence-electron chi connectivity index (χ0n) is 12.8. The molecular weight excluding hydrogens is 353 g/mol. The molecule has 0 fully saturated rings. The molecule has 0 bridgehead atoms. The van der Waals surface area contributed by atoms with Crippen LogP contribution in [0.2, 0.25) is 10.0 Å². The number of hydrazone groups is 1. The number of carbonyl (C=O) groups excluding carboxylic acids is 1. The van der Waals surface area contributed by atoms with Crippen LogP contribution in [0.15, 0.2) is 41.5 Å². The highest BCUT2D eigenvalue weighted by molar-refractivity contribution is 6.35. The standard InChI is InChI=1S/C16H15Cl2N3O3/c1-23-14-5-2-10(8-20-21-16(19)22)6-15(14)24-9-11-3-4-12(17)7-13(11)18/h2-8H,9H2,1H3,(H3,19,21,22)/b20-8+. The maximum absolute atomic E-state index is 10.6. The minimum atomic E-state index is -0.742. The van der Waals surface area contributed by atoms with Gasteiger partial charge >= 0.3 is 6.03 Å². The van der Waals surface area contributed by atoms with Crippen molar-refractivity contribution < 1.29 is 14.3 Å². The maximum atomic E-state index is 10.6. The van der Waals surface area contributed by atoms with E-state index in [1.165, 1.54) is 6.21 Å². The Morgan fingerprint density at radius 1 is 1.25 bits per heavy atom. The number of halogens is 2. The van der Waals surface area contributed by atoms with Gasteiger partial charge in [0.05, 0.1) is 13.3 Å². The van der Waals surface area contributed by atoms with Crippen LogP contribution < -0.4 is 20.6 Å². The number of primary amides is 1. The third-order valence-corrected chi connectivity index (χ3v) is 3.56. The summed E-state index contributed by atoms with van der Waals surface area (Å²) < 4.78 is 11.0. The van der Waals surface area contributed by atoms with Crippen molar-refractivity contribution in [2.75, 3.05) is 7.11 Å². The molecule has 0 atom stereocenters. The number of nitrogens with zero attached hydrogens (tertiary/aromatic N) is 1. The lowest BCUT2D eigenvalue weighted by Crippen LogP contribution is -2.24. The number of ether oxygens (including phenoxy) is 2. The van der Waals surface area contributed by atoms with Gasteiger partial charge in [-0.05, 0) is 35.9 Å². The van der Waals surface area contributed by atoms with Crippen molar-refractivity contribution in [2.24, 2.45) is 10.8 Å². The Labute approximate surface area is 149 Å². The second-order valence-corrected chi connectivity index (χ2v) is 5.51. The summed E-state index contributed by atoms with van der Waals surface area (Å²) in [4.78, 5) is 10.6. The largest absolute Gasteiger partial charge is 0.493 e. The van der Waals surface area contributed by atoms with E-state index in [-0.39, 0.29) is 6.61 Å². The van der Waals surface area contributed by atoms with Crippen molar-refractivity contribution in [3.8, 4) is 11.5 Å². The SMILES string of the molecule is COc1ccc(/C=N/NC(N)=O)cc1OCc1ccc(Cl)cc1Cl. The number of rotatable bonds is 6. The fourth-order valence-electron chi connectivity index (χ4n) is 1.85. The highest BCUT2D eigenvalue weighted by Crippen LogP contribution is 2.29. The van der Waals surface area contributed by atoms with Crippen molar-refractivity contribution in [3.05, 3.63) is 57.6 Å². The lowest BCUT2D eigenvalue weighted by molar-refractivity contribution is 0.249. The van der Waals surface area contributed by atoms with E-state index in [0.717, 1.165) is 5.56 Å². The number of hydrogen-bond donors (Lipinski definition) is 2. The highest BCUT2D eigenvalue weighted by atomic mass is 35.5. The first-order valence-corrected chi connectivity index (χ1v) is 7.58. The molecule has 0 saturated heterocycles. The number of methoxy groups -OCH3 is 1. The molecule has 3 N–H and O–H groups in total. The van der Waals surface area contributed by atoms with Crippen LogP contribution in [0, 0.1) is 0 Å². The van der Waals surface area contributed by atoms with Gasteiger partial charge in [-0.1, -0.05) is 29.3 Å². The average molecular weight is 368 g/mol. The van der Waals surface area contributed by atoms with Crippen molar-refractivity contribution in [1.82, 2.24) is 5.43 Å². The number of carbonyl (C=O) groups is 1. The van der Waals surface area contributed by atoms with Gasteiger partial charge in [0.25, 0.3) is 0 Å². The van der Waals surface area contributed by atoms with Gasteiger partial charge in [0.15, 0.2) is 11.5 Å². The van der Waals surface area contributed by atoms with Crippen molar-refractivity contribution in [2.45, 2.75) is 6.61 Å². The van der Waals surface area contributed by atoms with Crippen LogP contribution in [0.25, 0.3) is 0 Å². The van der Waals surface area contributed by atoms with Crippen LogP contribution in [-0.4, -0.2) is 19.4 Å². The van der Waals surface area contributed by atoms with E-state index in [2.05, 4.69) is 10.5 Å². The average Bonchev–Trinajstić information content (AvgIpc) is 2.54.